The SMILES string of the molecule is CCCCC(=O)Oc1c(F)cccc1NCC(=O)Nc1cc(Cl)ccc1-n1cc(Cl)nn1. The van der Waals surface area contributed by atoms with Crippen molar-refractivity contribution in [2.45, 2.75) is 26.2 Å². The highest BCUT2D eigenvalue weighted by molar-refractivity contribution is 6.31. The summed E-state index contributed by atoms with van der Waals surface area (Å²) in [5, 5.41) is 13.7. The number of aromatic nitrogens is 3. The molecular weight excluding hydrogens is 460 g/mol. The predicted octanol–water partition coefficient (Wildman–Crippen LogP) is 4.86. The summed E-state index contributed by atoms with van der Waals surface area (Å²) in [6.45, 7) is 1.71. The number of halogens is 3. The molecule has 0 saturated carbocycles. The first kappa shape index (κ1) is 23.5. The summed E-state index contributed by atoms with van der Waals surface area (Å²) in [6.07, 6.45) is 3.10. The van der Waals surface area contributed by atoms with Crippen LogP contribution in [0, 0.1) is 5.82 Å². The van der Waals surface area contributed by atoms with E-state index in [-0.39, 0.29) is 29.6 Å². The van der Waals surface area contributed by atoms with E-state index in [4.69, 9.17) is 27.9 Å². The Bertz CT molecular complexity index is 1120. The van der Waals surface area contributed by atoms with E-state index in [1.165, 1.54) is 29.1 Å². The largest absolute Gasteiger partial charge is 0.421 e. The van der Waals surface area contributed by atoms with Crippen LogP contribution in [0.5, 0.6) is 5.75 Å². The average Bonchev–Trinajstić information content (AvgIpc) is 3.18. The minimum Gasteiger partial charge on any atom is -0.421 e. The molecule has 0 bridgehead atoms. The normalized spacial score (nSPS) is 10.6. The molecule has 0 unspecified atom stereocenters. The van der Waals surface area contributed by atoms with Crippen LogP contribution in [-0.2, 0) is 9.59 Å². The average molecular weight is 480 g/mol. The number of amides is 1. The Balaban J connectivity index is 1.70. The Hall–Kier alpha value is -3.17. The third kappa shape index (κ3) is 6.18. The number of unbranched alkanes of at least 4 members (excludes halogenated alkanes) is 1. The van der Waals surface area contributed by atoms with Crippen LogP contribution in [-0.4, -0.2) is 33.4 Å². The monoisotopic (exact) mass is 479 g/mol. The molecule has 0 aliphatic rings. The third-order valence-electron chi connectivity index (χ3n) is 4.30. The van der Waals surface area contributed by atoms with Crippen LogP contribution in [0.4, 0.5) is 15.8 Å². The Morgan fingerprint density at radius 1 is 1.19 bits per heavy atom. The van der Waals surface area contributed by atoms with Gasteiger partial charge in [0.15, 0.2) is 16.7 Å². The molecule has 168 valence electrons. The van der Waals surface area contributed by atoms with Gasteiger partial charge in [0.05, 0.1) is 29.8 Å². The van der Waals surface area contributed by atoms with Gasteiger partial charge in [-0.3, -0.25) is 9.59 Å². The molecule has 1 heterocycles. The van der Waals surface area contributed by atoms with Crippen LogP contribution in [0.1, 0.15) is 26.2 Å². The first-order chi connectivity index (χ1) is 15.4. The maximum Gasteiger partial charge on any atom is 0.311 e. The van der Waals surface area contributed by atoms with Crippen molar-refractivity contribution < 1.29 is 18.7 Å². The molecule has 3 rings (SSSR count). The smallest absolute Gasteiger partial charge is 0.311 e. The molecule has 0 aliphatic heterocycles. The van der Waals surface area contributed by atoms with Crippen molar-refractivity contribution in [2.24, 2.45) is 0 Å². The molecule has 3 aromatic rings. The van der Waals surface area contributed by atoms with Gasteiger partial charge in [-0.25, -0.2) is 9.07 Å². The molecule has 2 aromatic carbocycles. The zero-order valence-corrected chi connectivity index (χ0v) is 18.6. The van der Waals surface area contributed by atoms with Crippen LogP contribution in [0.2, 0.25) is 10.2 Å². The zero-order chi connectivity index (χ0) is 23.1. The molecule has 0 spiro atoms. The van der Waals surface area contributed by atoms with E-state index in [0.717, 1.165) is 6.42 Å². The topological polar surface area (TPSA) is 98.1 Å². The zero-order valence-electron chi connectivity index (χ0n) is 17.1. The first-order valence-electron chi connectivity index (χ1n) is 9.78. The van der Waals surface area contributed by atoms with Crippen LogP contribution in [0.15, 0.2) is 42.6 Å². The van der Waals surface area contributed by atoms with Crippen molar-refractivity contribution in [2.75, 3.05) is 17.2 Å². The number of rotatable bonds is 9. The number of hydrogen-bond acceptors (Lipinski definition) is 6. The fourth-order valence-corrected chi connectivity index (χ4v) is 3.08. The van der Waals surface area contributed by atoms with Gasteiger partial charge >= 0.3 is 5.97 Å². The van der Waals surface area contributed by atoms with Gasteiger partial charge in [-0.15, -0.1) is 5.10 Å². The quantitative estimate of drug-likeness (QED) is 0.335. The highest BCUT2D eigenvalue weighted by Gasteiger charge is 2.16. The molecule has 32 heavy (non-hydrogen) atoms. The Morgan fingerprint density at radius 2 is 2.00 bits per heavy atom. The van der Waals surface area contributed by atoms with Gasteiger partial charge in [0, 0.05) is 11.4 Å². The van der Waals surface area contributed by atoms with Crippen molar-refractivity contribution in [1.82, 2.24) is 15.0 Å². The van der Waals surface area contributed by atoms with Gasteiger partial charge < -0.3 is 15.4 Å². The maximum absolute atomic E-state index is 14.2. The fourth-order valence-electron chi connectivity index (χ4n) is 2.78. The minimum absolute atomic E-state index is 0.175. The van der Waals surface area contributed by atoms with Crippen molar-refractivity contribution in [1.29, 1.82) is 0 Å². The second kappa shape index (κ2) is 10.9. The summed E-state index contributed by atoms with van der Waals surface area (Å²) in [4.78, 5) is 24.5. The maximum atomic E-state index is 14.2. The Morgan fingerprint density at radius 3 is 2.72 bits per heavy atom. The number of nitrogens with one attached hydrogen (secondary N) is 2. The molecule has 0 fully saturated rings. The summed E-state index contributed by atoms with van der Waals surface area (Å²) >= 11 is 11.9. The second-order valence-corrected chi connectivity index (χ2v) is 7.57. The number of ether oxygens (including phenoxy) is 1. The van der Waals surface area contributed by atoms with E-state index in [1.807, 2.05) is 6.92 Å². The van der Waals surface area contributed by atoms with Gasteiger partial charge in [-0.2, -0.15) is 0 Å². The van der Waals surface area contributed by atoms with Gasteiger partial charge in [0.25, 0.3) is 0 Å². The minimum atomic E-state index is -0.708. The van der Waals surface area contributed by atoms with E-state index in [2.05, 4.69) is 20.9 Å². The number of carbonyl (C=O) groups excluding carboxylic acids is 2. The first-order valence-corrected chi connectivity index (χ1v) is 10.5. The molecule has 1 amide bonds. The summed E-state index contributed by atoms with van der Waals surface area (Å²) in [6, 6.07) is 8.97. The van der Waals surface area contributed by atoms with E-state index in [9.17, 15) is 14.0 Å². The van der Waals surface area contributed by atoms with E-state index >= 15 is 0 Å². The van der Waals surface area contributed by atoms with E-state index in [0.29, 0.717) is 22.8 Å². The lowest BCUT2D eigenvalue weighted by Crippen LogP contribution is -2.23. The lowest BCUT2D eigenvalue weighted by atomic mass is 10.2. The summed E-state index contributed by atoms with van der Waals surface area (Å²) in [5.74, 6) is -1.95. The number of para-hydroxylation sites is 1. The number of hydrogen-bond donors (Lipinski definition) is 2. The van der Waals surface area contributed by atoms with Gasteiger partial charge in [0.2, 0.25) is 5.91 Å². The number of anilines is 2. The summed E-state index contributed by atoms with van der Waals surface area (Å²) < 4.78 is 20.8. The number of carbonyl (C=O) groups is 2. The van der Waals surface area contributed by atoms with Crippen molar-refractivity contribution >= 4 is 46.5 Å². The number of esters is 1. The Kier molecular flexibility index (Phi) is 8.02. The van der Waals surface area contributed by atoms with Crippen LogP contribution < -0.4 is 15.4 Å². The lowest BCUT2D eigenvalue weighted by Gasteiger charge is -2.14. The van der Waals surface area contributed by atoms with Crippen molar-refractivity contribution in [3.63, 3.8) is 0 Å². The van der Waals surface area contributed by atoms with E-state index < -0.39 is 17.7 Å². The molecule has 2 N–H and O–H groups in total. The van der Waals surface area contributed by atoms with Gasteiger partial charge in [-0.05, 0) is 36.8 Å². The third-order valence-corrected chi connectivity index (χ3v) is 4.71. The lowest BCUT2D eigenvalue weighted by molar-refractivity contribution is -0.134. The molecule has 8 nitrogen and oxygen atoms in total. The summed E-state index contributed by atoms with van der Waals surface area (Å²) in [5.41, 5.74) is 1.05. The molecular formula is C21H20Cl2FN5O3. The number of nitrogens with zero attached hydrogens (tertiary/aromatic N) is 3. The molecule has 1 aromatic heterocycles. The van der Waals surface area contributed by atoms with Crippen LogP contribution >= 0.6 is 23.2 Å². The molecule has 0 radical (unpaired) electrons. The van der Waals surface area contributed by atoms with Gasteiger partial charge in [-0.1, -0.05) is 47.8 Å². The standard InChI is InChI=1S/C21H20Cl2FN5O3/c1-2-3-7-20(31)32-21-14(24)5-4-6-15(21)25-11-19(30)26-16-10-13(22)8-9-17(16)29-12-18(23)27-28-29/h4-6,8-10,12,25H,2-3,7,11H2,1H3,(H,26,30). The highest BCUT2D eigenvalue weighted by atomic mass is 35.5. The fraction of sp³-hybridized carbons (Fsp3) is 0.238. The van der Waals surface area contributed by atoms with Crippen molar-refractivity contribution in [3.05, 3.63) is 58.6 Å². The molecule has 11 heteroatoms. The second-order valence-electron chi connectivity index (χ2n) is 6.74. The van der Waals surface area contributed by atoms with E-state index in [1.54, 1.807) is 18.2 Å². The molecule has 0 aliphatic carbocycles. The number of benzene rings is 2. The molecule has 0 saturated heterocycles. The van der Waals surface area contributed by atoms with Gasteiger partial charge in [0.1, 0.15) is 0 Å². The molecule has 0 atom stereocenters. The van der Waals surface area contributed by atoms with Crippen molar-refractivity contribution in [3.8, 4) is 11.4 Å². The summed E-state index contributed by atoms with van der Waals surface area (Å²) in [7, 11) is 0. The van der Waals surface area contributed by atoms with Crippen LogP contribution in [0.25, 0.3) is 5.69 Å². The predicted molar refractivity (Wildman–Crippen MR) is 120 cm³/mol. The van der Waals surface area contributed by atoms with Crippen LogP contribution in [0.3, 0.4) is 0 Å². The Labute approximate surface area is 193 Å². The highest BCUT2D eigenvalue weighted by Crippen LogP contribution is 2.29.